The number of nitrogens with one attached hydrogen (secondary N) is 2. The first-order chi connectivity index (χ1) is 7.90. The third-order valence-corrected chi connectivity index (χ3v) is 4.24. The number of hydrogen-bond donors (Lipinski definition) is 2. The number of aryl methyl sites for hydroxylation is 1. The first-order valence-corrected chi connectivity index (χ1v) is 7.54. The molecular weight excluding hydrogens is 262 g/mol. The lowest BCUT2D eigenvalue weighted by Gasteiger charge is -2.18. The summed E-state index contributed by atoms with van der Waals surface area (Å²) in [5, 5.41) is 0.0881. The van der Waals surface area contributed by atoms with Crippen molar-refractivity contribution >= 4 is 21.6 Å². The molecule has 0 bridgehead atoms. The van der Waals surface area contributed by atoms with Crippen molar-refractivity contribution < 1.29 is 8.42 Å². The Morgan fingerprint density at radius 2 is 2.18 bits per heavy atom. The summed E-state index contributed by atoms with van der Waals surface area (Å²) in [4.78, 5) is 6.74. The van der Waals surface area contributed by atoms with E-state index in [0.29, 0.717) is 12.2 Å². The Bertz CT molecular complexity index is 456. The number of nitrogens with zero attached hydrogens (tertiary/aromatic N) is 1. The number of H-pyrrole nitrogens is 1. The summed E-state index contributed by atoms with van der Waals surface area (Å²) in [5.74, 6) is 1.03. The first kappa shape index (κ1) is 14.5. The summed E-state index contributed by atoms with van der Waals surface area (Å²) in [5.41, 5.74) is 0. The van der Waals surface area contributed by atoms with Gasteiger partial charge in [0, 0.05) is 18.3 Å². The van der Waals surface area contributed by atoms with E-state index in [-0.39, 0.29) is 22.9 Å². The Hall–Kier alpha value is -0.590. The molecule has 1 aromatic rings. The molecule has 0 saturated heterocycles. The van der Waals surface area contributed by atoms with Crippen LogP contribution in [0.1, 0.15) is 26.6 Å². The molecule has 0 spiro atoms. The van der Waals surface area contributed by atoms with Gasteiger partial charge >= 0.3 is 0 Å². The van der Waals surface area contributed by atoms with Crippen LogP contribution in [-0.2, 0) is 16.4 Å². The van der Waals surface area contributed by atoms with Gasteiger partial charge in [0.05, 0.1) is 6.20 Å². The molecule has 0 aliphatic carbocycles. The van der Waals surface area contributed by atoms with Gasteiger partial charge < -0.3 is 4.98 Å². The maximum Gasteiger partial charge on any atom is 0.257 e. The normalized spacial score (nSPS) is 14.2. The second-order valence-corrected chi connectivity index (χ2v) is 6.16. The van der Waals surface area contributed by atoms with Crippen LogP contribution in [0.3, 0.4) is 0 Å². The van der Waals surface area contributed by atoms with Crippen LogP contribution in [0.5, 0.6) is 0 Å². The number of rotatable bonds is 6. The summed E-state index contributed by atoms with van der Waals surface area (Å²) in [6.07, 6.45) is 1.99. The molecule has 0 aromatic carbocycles. The third-order valence-electron chi connectivity index (χ3n) is 2.51. The highest BCUT2D eigenvalue weighted by atomic mass is 35.5. The molecule has 98 valence electrons. The average Bonchev–Trinajstić information content (AvgIpc) is 2.74. The quantitative estimate of drug-likeness (QED) is 0.775. The standard InChI is InChI=1S/C10H18ClN3O2S/c1-4-9-12-6-10(13-9)17(15,16)14-8(5-11)7(2)3/h6-8,14H,4-5H2,1-3H3,(H,12,13). The topological polar surface area (TPSA) is 74.8 Å². The molecule has 0 aliphatic rings. The van der Waals surface area contributed by atoms with Crippen molar-refractivity contribution in [2.24, 2.45) is 5.92 Å². The van der Waals surface area contributed by atoms with Crippen LogP contribution in [0, 0.1) is 5.92 Å². The van der Waals surface area contributed by atoms with Gasteiger partial charge in [-0.15, -0.1) is 11.6 Å². The molecule has 2 N–H and O–H groups in total. The molecule has 0 saturated carbocycles. The molecule has 0 amide bonds. The van der Waals surface area contributed by atoms with E-state index in [0.717, 1.165) is 0 Å². The highest BCUT2D eigenvalue weighted by Gasteiger charge is 2.23. The van der Waals surface area contributed by atoms with E-state index in [9.17, 15) is 8.42 Å². The minimum atomic E-state index is -3.56. The van der Waals surface area contributed by atoms with E-state index in [1.807, 2.05) is 20.8 Å². The average molecular weight is 280 g/mol. The van der Waals surface area contributed by atoms with Crippen molar-refractivity contribution in [2.75, 3.05) is 5.88 Å². The number of imidazole rings is 1. The van der Waals surface area contributed by atoms with Gasteiger partial charge in [0.1, 0.15) is 5.82 Å². The predicted molar refractivity (Wildman–Crippen MR) is 67.6 cm³/mol. The van der Waals surface area contributed by atoms with E-state index in [1.54, 1.807) is 0 Å². The lowest BCUT2D eigenvalue weighted by molar-refractivity contribution is 0.479. The van der Waals surface area contributed by atoms with E-state index in [1.165, 1.54) is 6.20 Å². The van der Waals surface area contributed by atoms with E-state index in [2.05, 4.69) is 14.7 Å². The molecule has 0 radical (unpaired) electrons. The van der Waals surface area contributed by atoms with Crippen LogP contribution in [-0.4, -0.2) is 30.3 Å². The maximum atomic E-state index is 12.0. The largest absolute Gasteiger partial charge is 0.332 e. The Kier molecular flexibility index (Phi) is 4.97. The summed E-state index contributed by atoms with van der Waals surface area (Å²) >= 11 is 5.74. The van der Waals surface area contributed by atoms with Crippen molar-refractivity contribution in [1.82, 2.24) is 14.7 Å². The second kappa shape index (κ2) is 5.84. The first-order valence-electron chi connectivity index (χ1n) is 5.52. The van der Waals surface area contributed by atoms with E-state index in [4.69, 9.17) is 11.6 Å². The SMILES string of the molecule is CCc1ncc(S(=O)(=O)NC(CCl)C(C)C)[nH]1. The fourth-order valence-corrected chi connectivity index (χ4v) is 3.12. The molecule has 17 heavy (non-hydrogen) atoms. The number of aromatic nitrogens is 2. The van der Waals surface area contributed by atoms with Gasteiger partial charge in [-0.25, -0.2) is 18.1 Å². The lowest BCUT2D eigenvalue weighted by atomic mass is 10.1. The Morgan fingerprint density at radius 1 is 1.53 bits per heavy atom. The van der Waals surface area contributed by atoms with E-state index >= 15 is 0 Å². The van der Waals surface area contributed by atoms with Gasteiger partial charge in [-0.2, -0.15) is 0 Å². The van der Waals surface area contributed by atoms with Crippen LogP contribution in [0.2, 0.25) is 0 Å². The molecule has 1 heterocycles. The van der Waals surface area contributed by atoms with Crippen molar-refractivity contribution in [3.05, 3.63) is 12.0 Å². The summed E-state index contributed by atoms with van der Waals surface area (Å²) in [6.45, 7) is 5.73. The monoisotopic (exact) mass is 279 g/mol. The van der Waals surface area contributed by atoms with Gasteiger partial charge in [0.2, 0.25) is 0 Å². The van der Waals surface area contributed by atoms with Crippen LogP contribution in [0.25, 0.3) is 0 Å². The second-order valence-electron chi connectivity index (χ2n) is 4.17. The zero-order chi connectivity index (χ0) is 13.1. The molecule has 0 aliphatic heterocycles. The zero-order valence-corrected chi connectivity index (χ0v) is 11.8. The molecule has 1 aromatic heterocycles. The number of aromatic amines is 1. The molecular formula is C10H18ClN3O2S. The Labute approximate surface area is 107 Å². The predicted octanol–water partition coefficient (Wildman–Crippen LogP) is 1.51. The van der Waals surface area contributed by atoms with Crippen LogP contribution >= 0.6 is 11.6 Å². The van der Waals surface area contributed by atoms with Crippen molar-refractivity contribution in [2.45, 2.75) is 38.3 Å². The summed E-state index contributed by atoms with van der Waals surface area (Å²) in [7, 11) is -3.56. The van der Waals surface area contributed by atoms with Crippen LogP contribution < -0.4 is 4.72 Å². The van der Waals surface area contributed by atoms with Crippen LogP contribution in [0.15, 0.2) is 11.2 Å². The number of halogens is 1. The molecule has 5 nitrogen and oxygen atoms in total. The fraction of sp³-hybridized carbons (Fsp3) is 0.700. The smallest absolute Gasteiger partial charge is 0.257 e. The van der Waals surface area contributed by atoms with Crippen molar-refractivity contribution in [3.63, 3.8) is 0 Å². The zero-order valence-electron chi connectivity index (χ0n) is 10.2. The Morgan fingerprint density at radius 3 is 2.59 bits per heavy atom. The Balaban J connectivity index is 2.88. The van der Waals surface area contributed by atoms with Gasteiger partial charge in [0.25, 0.3) is 10.0 Å². The molecule has 7 heteroatoms. The number of alkyl halides is 1. The lowest BCUT2D eigenvalue weighted by Crippen LogP contribution is -2.39. The highest BCUT2D eigenvalue weighted by Crippen LogP contribution is 2.11. The molecule has 1 atom stereocenters. The van der Waals surface area contributed by atoms with Crippen molar-refractivity contribution in [1.29, 1.82) is 0 Å². The highest BCUT2D eigenvalue weighted by molar-refractivity contribution is 7.89. The van der Waals surface area contributed by atoms with Gasteiger partial charge in [0.15, 0.2) is 5.03 Å². The minimum Gasteiger partial charge on any atom is -0.332 e. The molecule has 1 unspecified atom stereocenters. The fourth-order valence-electron chi connectivity index (χ4n) is 1.27. The van der Waals surface area contributed by atoms with Gasteiger partial charge in [-0.3, -0.25) is 0 Å². The minimum absolute atomic E-state index is 0.0881. The van der Waals surface area contributed by atoms with Crippen molar-refractivity contribution in [3.8, 4) is 0 Å². The van der Waals surface area contributed by atoms with E-state index < -0.39 is 10.0 Å². The molecule has 0 fully saturated rings. The summed E-state index contributed by atoms with van der Waals surface area (Å²) < 4.78 is 26.6. The van der Waals surface area contributed by atoms with Crippen LogP contribution in [0.4, 0.5) is 0 Å². The van der Waals surface area contributed by atoms with Gasteiger partial charge in [-0.05, 0) is 5.92 Å². The summed E-state index contributed by atoms with van der Waals surface area (Å²) in [6, 6.07) is -0.282. The maximum absolute atomic E-state index is 12.0. The third kappa shape index (κ3) is 3.69. The molecule has 1 rings (SSSR count). The number of hydrogen-bond acceptors (Lipinski definition) is 3. The number of sulfonamides is 1. The van der Waals surface area contributed by atoms with Gasteiger partial charge in [-0.1, -0.05) is 20.8 Å².